The van der Waals surface area contributed by atoms with Crippen LogP contribution in [0.4, 0.5) is 10.1 Å². The highest BCUT2D eigenvalue weighted by Crippen LogP contribution is 2.22. The molecule has 23 heavy (non-hydrogen) atoms. The Morgan fingerprint density at radius 1 is 0.913 bits per heavy atom. The van der Waals surface area contributed by atoms with Gasteiger partial charge in [0.15, 0.2) is 0 Å². The van der Waals surface area contributed by atoms with Crippen LogP contribution in [0, 0.1) is 5.82 Å². The van der Waals surface area contributed by atoms with Gasteiger partial charge >= 0.3 is 0 Å². The molecule has 1 saturated heterocycles. The lowest BCUT2D eigenvalue weighted by molar-refractivity contribution is 0.249. The summed E-state index contributed by atoms with van der Waals surface area (Å²) in [5, 5.41) is 0. The Morgan fingerprint density at radius 2 is 1.57 bits per heavy atom. The summed E-state index contributed by atoms with van der Waals surface area (Å²) in [4.78, 5) is 4.66. The number of halogens is 1. The maximum absolute atomic E-state index is 13.9. The quantitative estimate of drug-likeness (QED) is 0.818. The standard InChI is InChI=1S/C20H25FN2/c1-17(18-7-3-2-4-8-18)11-12-22-13-15-23(16-14-22)20-10-6-5-9-19(20)21/h2-10,17H,11-16H2,1H3/t17-/m1/s1. The minimum atomic E-state index is -0.112. The van der Waals surface area contributed by atoms with Gasteiger partial charge < -0.3 is 4.90 Å². The van der Waals surface area contributed by atoms with E-state index in [-0.39, 0.29) is 5.82 Å². The summed E-state index contributed by atoms with van der Waals surface area (Å²) >= 11 is 0. The topological polar surface area (TPSA) is 6.48 Å². The van der Waals surface area contributed by atoms with Gasteiger partial charge in [0, 0.05) is 26.2 Å². The van der Waals surface area contributed by atoms with Crippen molar-refractivity contribution in [3.63, 3.8) is 0 Å². The predicted molar refractivity (Wildman–Crippen MR) is 94.5 cm³/mol. The van der Waals surface area contributed by atoms with Crippen molar-refractivity contribution in [2.45, 2.75) is 19.3 Å². The van der Waals surface area contributed by atoms with Crippen molar-refractivity contribution in [3.8, 4) is 0 Å². The molecule has 122 valence electrons. The molecule has 0 amide bonds. The molecule has 1 atom stereocenters. The maximum atomic E-state index is 13.9. The highest BCUT2D eigenvalue weighted by atomic mass is 19.1. The number of hydrogen-bond donors (Lipinski definition) is 0. The molecule has 1 heterocycles. The molecule has 3 rings (SSSR count). The van der Waals surface area contributed by atoms with Crippen LogP contribution in [0.5, 0.6) is 0 Å². The zero-order chi connectivity index (χ0) is 16.1. The van der Waals surface area contributed by atoms with Gasteiger partial charge in [-0.1, -0.05) is 49.4 Å². The number of rotatable bonds is 5. The second-order valence-corrected chi connectivity index (χ2v) is 6.38. The fourth-order valence-corrected chi connectivity index (χ4v) is 3.25. The normalized spacial score (nSPS) is 17.2. The fourth-order valence-electron chi connectivity index (χ4n) is 3.25. The van der Waals surface area contributed by atoms with Crippen molar-refractivity contribution in [2.75, 3.05) is 37.6 Å². The molecular formula is C20H25FN2. The lowest BCUT2D eigenvalue weighted by atomic mass is 9.97. The molecule has 2 aromatic rings. The molecule has 0 spiro atoms. The Morgan fingerprint density at radius 3 is 2.26 bits per heavy atom. The van der Waals surface area contributed by atoms with E-state index in [1.165, 1.54) is 12.0 Å². The molecule has 0 aromatic heterocycles. The SMILES string of the molecule is C[C@H](CCN1CCN(c2ccccc2F)CC1)c1ccccc1. The van der Waals surface area contributed by atoms with Crippen LogP contribution in [-0.2, 0) is 0 Å². The number of hydrogen-bond acceptors (Lipinski definition) is 2. The second kappa shape index (κ2) is 7.60. The molecule has 1 aliphatic heterocycles. The smallest absolute Gasteiger partial charge is 0.146 e. The Hall–Kier alpha value is -1.87. The minimum absolute atomic E-state index is 0.112. The Bertz CT molecular complexity index is 606. The van der Waals surface area contributed by atoms with E-state index in [1.807, 2.05) is 12.1 Å². The first-order valence-corrected chi connectivity index (χ1v) is 8.51. The fraction of sp³-hybridized carbons (Fsp3) is 0.400. The van der Waals surface area contributed by atoms with Gasteiger partial charge in [0.25, 0.3) is 0 Å². The highest BCUT2D eigenvalue weighted by Gasteiger charge is 2.19. The molecular weight excluding hydrogens is 287 g/mol. The third kappa shape index (κ3) is 4.11. The van der Waals surface area contributed by atoms with Crippen LogP contribution >= 0.6 is 0 Å². The summed E-state index contributed by atoms with van der Waals surface area (Å²) in [5.41, 5.74) is 2.15. The monoisotopic (exact) mass is 312 g/mol. The van der Waals surface area contributed by atoms with Crippen LogP contribution in [-0.4, -0.2) is 37.6 Å². The number of piperazine rings is 1. The van der Waals surface area contributed by atoms with Crippen LogP contribution in [0.25, 0.3) is 0 Å². The van der Waals surface area contributed by atoms with E-state index in [4.69, 9.17) is 0 Å². The molecule has 0 bridgehead atoms. The highest BCUT2D eigenvalue weighted by molar-refractivity contribution is 5.47. The van der Waals surface area contributed by atoms with Crippen LogP contribution in [0.3, 0.4) is 0 Å². The number of benzene rings is 2. The first-order valence-electron chi connectivity index (χ1n) is 8.51. The average molecular weight is 312 g/mol. The summed E-state index contributed by atoms with van der Waals surface area (Å²) in [7, 11) is 0. The molecule has 2 aromatic carbocycles. The summed E-state index contributed by atoms with van der Waals surface area (Å²) in [6.45, 7) is 7.24. The van der Waals surface area contributed by atoms with Crippen LogP contribution in [0.15, 0.2) is 54.6 Å². The zero-order valence-electron chi connectivity index (χ0n) is 13.8. The molecule has 0 aliphatic carbocycles. The van der Waals surface area contributed by atoms with Gasteiger partial charge in [-0.25, -0.2) is 4.39 Å². The number of anilines is 1. The van der Waals surface area contributed by atoms with Gasteiger partial charge in [-0.05, 0) is 36.6 Å². The van der Waals surface area contributed by atoms with Crippen molar-refractivity contribution in [1.82, 2.24) is 4.90 Å². The zero-order valence-corrected chi connectivity index (χ0v) is 13.8. The summed E-state index contributed by atoms with van der Waals surface area (Å²) in [6.07, 6.45) is 1.17. The van der Waals surface area contributed by atoms with Crippen molar-refractivity contribution < 1.29 is 4.39 Å². The van der Waals surface area contributed by atoms with E-state index in [0.717, 1.165) is 38.4 Å². The molecule has 0 radical (unpaired) electrons. The number of nitrogens with zero attached hydrogens (tertiary/aromatic N) is 2. The van der Waals surface area contributed by atoms with Gasteiger partial charge in [0.05, 0.1) is 5.69 Å². The van der Waals surface area contributed by atoms with Crippen molar-refractivity contribution in [3.05, 3.63) is 66.0 Å². The van der Waals surface area contributed by atoms with Crippen molar-refractivity contribution >= 4 is 5.69 Å². The lowest BCUT2D eigenvalue weighted by Gasteiger charge is -2.36. The largest absolute Gasteiger partial charge is 0.367 e. The number of para-hydroxylation sites is 1. The van der Waals surface area contributed by atoms with E-state index in [9.17, 15) is 4.39 Å². The first kappa shape index (κ1) is 16.0. The van der Waals surface area contributed by atoms with E-state index < -0.39 is 0 Å². The predicted octanol–water partition coefficient (Wildman–Crippen LogP) is 4.14. The molecule has 3 heteroatoms. The van der Waals surface area contributed by atoms with E-state index in [1.54, 1.807) is 12.1 Å². The Kier molecular flexibility index (Phi) is 5.29. The van der Waals surface area contributed by atoms with E-state index in [2.05, 4.69) is 47.1 Å². The maximum Gasteiger partial charge on any atom is 0.146 e. The Balaban J connectivity index is 1.47. The summed E-state index contributed by atoms with van der Waals surface area (Å²) in [6, 6.07) is 17.8. The van der Waals surface area contributed by atoms with Crippen LogP contribution in [0.2, 0.25) is 0 Å². The average Bonchev–Trinajstić information content (AvgIpc) is 2.61. The second-order valence-electron chi connectivity index (χ2n) is 6.38. The Labute approximate surface area is 138 Å². The van der Waals surface area contributed by atoms with E-state index >= 15 is 0 Å². The minimum Gasteiger partial charge on any atom is -0.367 e. The van der Waals surface area contributed by atoms with Crippen LogP contribution in [0.1, 0.15) is 24.8 Å². The van der Waals surface area contributed by atoms with Gasteiger partial charge in [-0.2, -0.15) is 0 Å². The third-order valence-electron chi connectivity index (χ3n) is 4.81. The molecule has 0 saturated carbocycles. The van der Waals surface area contributed by atoms with E-state index in [0.29, 0.717) is 5.92 Å². The van der Waals surface area contributed by atoms with Crippen LogP contribution < -0.4 is 4.90 Å². The van der Waals surface area contributed by atoms with Gasteiger partial charge in [0.1, 0.15) is 5.82 Å². The summed E-state index contributed by atoms with van der Waals surface area (Å²) < 4.78 is 13.9. The lowest BCUT2D eigenvalue weighted by Crippen LogP contribution is -2.47. The van der Waals surface area contributed by atoms with Gasteiger partial charge in [-0.3, -0.25) is 4.90 Å². The third-order valence-corrected chi connectivity index (χ3v) is 4.81. The van der Waals surface area contributed by atoms with Crippen molar-refractivity contribution in [2.24, 2.45) is 0 Å². The summed E-state index contributed by atoms with van der Waals surface area (Å²) in [5.74, 6) is 0.472. The molecule has 0 unspecified atom stereocenters. The molecule has 2 nitrogen and oxygen atoms in total. The van der Waals surface area contributed by atoms with Gasteiger partial charge in [0.2, 0.25) is 0 Å². The molecule has 0 N–H and O–H groups in total. The molecule has 1 aliphatic rings. The van der Waals surface area contributed by atoms with Gasteiger partial charge in [-0.15, -0.1) is 0 Å². The first-order chi connectivity index (χ1) is 11.2. The van der Waals surface area contributed by atoms with Crippen molar-refractivity contribution in [1.29, 1.82) is 0 Å². The molecule has 1 fully saturated rings.